The van der Waals surface area contributed by atoms with Gasteiger partial charge in [-0.1, -0.05) is 54.6 Å². The summed E-state index contributed by atoms with van der Waals surface area (Å²) < 4.78 is 5.52. The maximum atomic E-state index is 12.5. The van der Waals surface area contributed by atoms with Gasteiger partial charge in [-0.25, -0.2) is 9.59 Å². The molecule has 0 aliphatic heterocycles. The Kier molecular flexibility index (Phi) is 6.34. The van der Waals surface area contributed by atoms with E-state index in [2.05, 4.69) is 28.9 Å². The molecule has 29 heavy (non-hydrogen) atoms. The van der Waals surface area contributed by atoms with Crippen molar-refractivity contribution in [1.29, 1.82) is 0 Å². The number of alkyl carbamates (subject to hydrolysis) is 1. The first-order valence-electron chi connectivity index (χ1n) is 9.65. The van der Waals surface area contributed by atoms with E-state index in [9.17, 15) is 9.59 Å². The lowest BCUT2D eigenvalue weighted by molar-refractivity contribution is -0.151. The van der Waals surface area contributed by atoms with Crippen LogP contribution in [-0.2, 0) is 14.4 Å². The fraction of sp³-hybridized carbons (Fsp3) is 0.304. The predicted octanol–water partition coefficient (Wildman–Crippen LogP) is 4.06. The molecule has 0 saturated carbocycles. The summed E-state index contributed by atoms with van der Waals surface area (Å²) in [6, 6.07) is 16.2. The summed E-state index contributed by atoms with van der Waals surface area (Å²) in [5, 5.41) is 2.62. The number of nitrogens with one attached hydrogen (secondary N) is 1. The van der Waals surface area contributed by atoms with Gasteiger partial charge in [0.1, 0.15) is 12.1 Å². The van der Waals surface area contributed by atoms with Gasteiger partial charge in [-0.15, -0.1) is 6.58 Å². The lowest BCUT2D eigenvalue weighted by Crippen LogP contribution is -2.53. The van der Waals surface area contributed by atoms with Crippen molar-refractivity contribution in [1.82, 2.24) is 5.32 Å². The topological polar surface area (TPSA) is 90.6 Å². The molecule has 0 aromatic heterocycles. The Balaban J connectivity index is 1.70. The van der Waals surface area contributed by atoms with Crippen molar-refractivity contribution in [3.63, 3.8) is 0 Å². The van der Waals surface area contributed by atoms with E-state index in [0.29, 0.717) is 19.3 Å². The third-order valence-corrected chi connectivity index (χ3v) is 5.36. The number of hydrogen-bond acceptors (Lipinski definition) is 5. The second-order valence-corrected chi connectivity index (χ2v) is 7.37. The van der Waals surface area contributed by atoms with Crippen LogP contribution in [0, 0.1) is 0 Å². The Morgan fingerprint density at radius 3 is 2.28 bits per heavy atom. The highest BCUT2D eigenvalue weighted by Crippen LogP contribution is 2.44. The molecule has 0 fully saturated rings. The van der Waals surface area contributed by atoms with E-state index in [1.54, 1.807) is 13.0 Å². The molecule has 2 aromatic carbocycles. The summed E-state index contributed by atoms with van der Waals surface area (Å²) in [5.74, 6) is 4.29. The Hall–Kier alpha value is -3.12. The van der Waals surface area contributed by atoms with E-state index in [1.807, 2.05) is 36.4 Å². The lowest BCUT2D eigenvalue weighted by Gasteiger charge is -2.27. The third-order valence-electron chi connectivity index (χ3n) is 5.36. The maximum absolute atomic E-state index is 12.5. The normalized spacial score (nSPS) is 14.3. The number of carbonyl (C=O) groups is 2. The minimum absolute atomic E-state index is 0.0540. The van der Waals surface area contributed by atoms with Gasteiger partial charge >= 0.3 is 12.1 Å². The molecular weight excluding hydrogens is 368 g/mol. The van der Waals surface area contributed by atoms with E-state index in [4.69, 9.17) is 10.6 Å². The van der Waals surface area contributed by atoms with Crippen molar-refractivity contribution in [3.05, 3.63) is 72.3 Å². The summed E-state index contributed by atoms with van der Waals surface area (Å²) in [4.78, 5) is 29.0. The number of amides is 1. The van der Waals surface area contributed by atoms with Gasteiger partial charge in [0, 0.05) is 5.92 Å². The maximum Gasteiger partial charge on any atom is 0.408 e. The van der Waals surface area contributed by atoms with Crippen LogP contribution in [0.15, 0.2) is 61.2 Å². The average molecular weight is 394 g/mol. The van der Waals surface area contributed by atoms with Crippen molar-refractivity contribution in [3.8, 4) is 11.1 Å². The van der Waals surface area contributed by atoms with Gasteiger partial charge in [-0.05, 0) is 48.4 Å². The smallest absolute Gasteiger partial charge is 0.408 e. The number of carbonyl (C=O) groups excluding carboxylic acids is 2. The van der Waals surface area contributed by atoms with Gasteiger partial charge in [0.2, 0.25) is 0 Å². The van der Waals surface area contributed by atoms with Gasteiger partial charge < -0.3 is 14.9 Å². The number of rotatable bonds is 8. The minimum Gasteiger partial charge on any atom is -0.449 e. The van der Waals surface area contributed by atoms with Crippen LogP contribution >= 0.6 is 0 Å². The Morgan fingerprint density at radius 2 is 1.72 bits per heavy atom. The number of ether oxygens (including phenoxy) is 1. The van der Waals surface area contributed by atoms with Crippen molar-refractivity contribution < 1.29 is 19.2 Å². The molecule has 1 aliphatic carbocycles. The largest absolute Gasteiger partial charge is 0.449 e. The van der Waals surface area contributed by atoms with E-state index < -0.39 is 17.6 Å². The number of fused-ring (bicyclic) bond motifs is 3. The van der Waals surface area contributed by atoms with E-state index in [0.717, 1.165) is 22.3 Å². The van der Waals surface area contributed by atoms with Crippen molar-refractivity contribution >= 4 is 12.1 Å². The van der Waals surface area contributed by atoms with E-state index >= 15 is 0 Å². The minimum atomic E-state index is -1.26. The Bertz CT molecular complexity index is 866. The molecular formula is C23H26N2O4. The highest BCUT2D eigenvalue weighted by atomic mass is 16.7. The molecule has 0 unspecified atom stereocenters. The van der Waals surface area contributed by atoms with Gasteiger partial charge in [-0.2, -0.15) is 5.90 Å². The van der Waals surface area contributed by atoms with Gasteiger partial charge in [0.05, 0.1) is 0 Å². The Labute approximate surface area is 170 Å². The number of hydrogen-bond donors (Lipinski definition) is 2. The van der Waals surface area contributed by atoms with Crippen LogP contribution < -0.4 is 11.2 Å². The molecule has 0 bridgehead atoms. The van der Waals surface area contributed by atoms with Crippen LogP contribution in [-0.4, -0.2) is 24.2 Å². The second-order valence-electron chi connectivity index (χ2n) is 7.37. The van der Waals surface area contributed by atoms with E-state index in [1.165, 1.54) is 0 Å². The summed E-state index contributed by atoms with van der Waals surface area (Å²) >= 11 is 0. The number of benzene rings is 2. The summed E-state index contributed by atoms with van der Waals surface area (Å²) in [6.07, 6.45) is 2.79. The molecule has 3 N–H and O–H groups in total. The average Bonchev–Trinajstić information content (AvgIpc) is 3.05. The van der Waals surface area contributed by atoms with Gasteiger partial charge in [0.15, 0.2) is 0 Å². The molecule has 0 saturated heterocycles. The molecule has 1 amide bonds. The van der Waals surface area contributed by atoms with Crippen LogP contribution in [0.5, 0.6) is 0 Å². The van der Waals surface area contributed by atoms with Gasteiger partial charge in [0.25, 0.3) is 0 Å². The predicted molar refractivity (Wildman–Crippen MR) is 111 cm³/mol. The summed E-state index contributed by atoms with van der Waals surface area (Å²) in [5.41, 5.74) is 3.28. The quantitative estimate of drug-likeness (QED) is 0.400. The zero-order valence-corrected chi connectivity index (χ0v) is 16.5. The van der Waals surface area contributed by atoms with Crippen LogP contribution in [0.3, 0.4) is 0 Å². The summed E-state index contributed by atoms with van der Waals surface area (Å²) in [7, 11) is 0. The monoisotopic (exact) mass is 394 g/mol. The molecule has 6 nitrogen and oxygen atoms in total. The fourth-order valence-corrected chi connectivity index (χ4v) is 3.81. The molecule has 0 radical (unpaired) electrons. The standard InChI is InChI=1S/C23H26N2O4/c1-3-4-9-14-23(2,21(26)29-24)25-22(27)28-15-20-18-12-7-5-10-16(18)17-11-6-8-13-19(17)20/h3,5-8,10-13,20H,1,4,9,14-15,24H2,2H3,(H,25,27)/t23-/m0/s1. The molecule has 1 aliphatic rings. The highest BCUT2D eigenvalue weighted by molar-refractivity contribution is 5.85. The summed E-state index contributed by atoms with van der Waals surface area (Å²) in [6.45, 7) is 5.41. The fourth-order valence-electron chi connectivity index (χ4n) is 3.81. The van der Waals surface area contributed by atoms with Crippen LogP contribution in [0.25, 0.3) is 11.1 Å². The first-order chi connectivity index (χ1) is 14.0. The molecule has 1 atom stereocenters. The molecule has 0 heterocycles. The first kappa shape index (κ1) is 20.6. The van der Waals surface area contributed by atoms with E-state index in [-0.39, 0.29) is 12.5 Å². The molecule has 152 valence electrons. The zero-order chi connectivity index (χ0) is 20.9. The lowest BCUT2D eigenvalue weighted by atomic mass is 9.95. The molecule has 3 rings (SSSR count). The van der Waals surface area contributed by atoms with Crippen molar-refractivity contribution in [2.24, 2.45) is 5.90 Å². The SMILES string of the molecule is C=CCCC[C@](C)(NC(=O)OCC1c2ccccc2-c2ccccc21)C(=O)ON. The van der Waals surface area contributed by atoms with Crippen LogP contribution in [0.2, 0.25) is 0 Å². The molecule has 2 aromatic rings. The third kappa shape index (κ3) is 4.32. The first-order valence-corrected chi connectivity index (χ1v) is 9.65. The zero-order valence-electron chi connectivity index (χ0n) is 16.5. The van der Waals surface area contributed by atoms with Crippen molar-refractivity contribution in [2.75, 3.05) is 6.61 Å². The highest BCUT2D eigenvalue weighted by Gasteiger charge is 2.37. The Morgan fingerprint density at radius 1 is 1.14 bits per heavy atom. The van der Waals surface area contributed by atoms with Crippen LogP contribution in [0.4, 0.5) is 4.79 Å². The number of nitrogens with two attached hydrogens (primary N) is 1. The molecule has 6 heteroatoms. The van der Waals surface area contributed by atoms with Crippen molar-refractivity contribution in [2.45, 2.75) is 37.6 Å². The number of unbranched alkanes of at least 4 members (excludes halogenated alkanes) is 1. The van der Waals surface area contributed by atoms with Crippen LogP contribution in [0.1, 0.15) is 43.2 Å². The number of allylic oxidation sites excluding steroid dienone is 1. The van der Waals surface area contributed by atoms with Gasteiger partial charge in [-0.3, -0.25) is 0 Å². The second kappa shape index (κ2) is 8.92. The molecule has 0 spiro atoms.